The van der Waals surface area contributed by atoms with Crippen molar-refractivity contribution in [3.05, 3.63) is 6.20 Å². The third-order valence-corrected chi connectivity index (χ3v) is 3.87. The van der Waals surface area contributed by atoms with Gasteiger partial charge in [0.1, 0.15) is 5.00 Å². The highest BCUT2D eigenvalue weighted by molar-refractivity contribution is 7.19. The molecule has 1 saturated carbocycles. The molecule has 0 radical (unpaired) electrons. The summed E-state index contributed by atoms with van der Waals surface area (Å²) in [5.41, 5.74) is 5.59. The van der Waals surface area contributed by atoms with Gasteiger partial charge in [-0.2, -0.15) is 0 Å². The van der Waals surface area contributed by atoms with E-state index in [-0.39, 0.29) is 0 Å². The Balaban J connectivity index is 1.82. The summed E-state index contributed by atoms with van der Waals surface area (Å²) >= 11 is 1.47. The first-order chi connectivity index (χ1) is 7.29. The van der Waals surface area contributed by atoms with Crippen molar-refractivity contribution in [2.45, 2.75) is 19.3 Å². The molecule has 5 heteroatoms. The third kappa shape index (κ3) is 2.60. The van der Waals surface area contributed by atoms with Gasteiger partial charge in [-0.25, -0.2) is 4.98 Å². The van der Waals surface area contributed by atoms with Crippen LogP contribution < -0.4 is 11.1 Å². The van der Waals surface area contributed by atoms with Crippen LogP contribution in [0.15, 0.2) is 6.20 Å². The number of nitrogens with zero attached hydrogens (tertiary/aromatic N) is 1. The molecule has 0 aliphatic heterocycles. The van der Waals surface area contributed by atoms with Crippen LogP contribution in [0.25, 0.3) is 0 Å². The maximum absolute atomic E-state index is 9.18. The molecule has 84 valence electrons. The summed E-state index contributed by atoms with van der Waals surface area (Å²) < 4.78 is 0. The Bertz CT molecular complexity index is 315. The smallest absolute Gasteiger partial charge is 0.184 e. The molecule has 1 fully saturated rings. The average Bonchev–Trinajstić information content (AvgIpc) is 2.83. The number of nitrogens with two attached hydrogens (primary N) is 1. The SMILES string of the molecule is Nc1cnc(NCC2CCCC2CO)s1. The molecule has 1 aromatic rings. The Hall–Kier alpha value is -0.810. The van der Waals surface area contributed by atoms with E-state index >= 15 is 0 Å². The van der Waals surface area contributed by atoms with Crippen molar-refractivity contribution < 1.29 is 5.11 Å². The van der Waals surface area contributed by atoms with E-state index in [1.165, 1.54) is 24.2 Å². The zero-order valence-electron chi connectivity index (χ0n) is 8.65. The number of aliphatic hydroxyl groups excluding tert-OH is 1. The monoisotopic (exact) mass is 227 g/mol. The quantitative estimate of drug-likeness (QED) is 0.729. The van der Waals surface area contributed by atoms with E-state index in [2.05, 4.69) is 10.3 Å². The van der Waals surface area contributed by atoms with Crippen molar-refractivity contribution in [3.63, 3.8) is 0 Å². The first-order valence-electron chi connectivity index (χ1n) is 5.35. The fourth-order valence-electron chi connectivity index (χ4n) is 2.21. The minimum Gasteiger partial charge on any atom is -0.396 e. The van der Waals surface area contributed by atoms with Crippen molar-refractivity contribution in [3.8, 4) is 0 Å². The number of aliphatic hydroxyl groups is 1. The molecule has 2 atom stereocenters. The number of rotatable bonds is 4. The van der Waals surface area contributed by atoms with E-state index in [0.717, 1.165) is 23.1 Å². The number of hydrogen-bond acceptors (Lipinski definition) is 5. The maximum atomic E-state index is 9.18. The Kier molecular flexibility index (Phi) is 3.43. The number of nitrogen functional groups attached to an aromatic ring is 1. The van der Waals surface area contributed by atoms with Crippen LogP contribution in [0.4, 0.5) is 10.1 Å². The van der Waals surface area contributed by atoms with Crippen LogP contribution in [-0.2, 0) is 0 Å². The van der Waals surface area contributed by atoms with E-state index in [4.69, 9.17) is 5.73 Å². The molecule has 2 rings (SSSR count). The largest absolute Gasteiger partial charge is 0.396 e. The lowest BCUT2D eigenvalue weighted by atomic mass is 9.97. The minimum absolute atomic E-state index is 0.312. The summed E-state index contributed by atoms with van der Waals surface area (Å²) in [6.07, 6.45) is 5.27. The van der Waals surface area contributed by atoms with Crippen molar-refractivity contribution >= 4 is 21.5 Å². The molecule has 4 N–H and O–H groups in total. The fraction of sp³-hybridized carbons (Fsp3) is 0.700. The number of hydrogen-bond donors (Lipinski definition) is 3. The van der Waals surface area contributed by atoms with Gasteiger partial charge in [-0.15, -0.1) is 0 Å². The van der Waals surface area contributed by atoms with Gasteiger partial charge in [-0.05, 0) is 24.7 Å². The van der Waals surface area contributed by atoms with Gasteiger partial charge in [0.25, 0.3) is 0 Å². The molecule has 1 heterocycles. The van der Waals surface area contributed by atoms with Gasteiger partial charge < -0.3 is 16.2 Å². The molecule has 0 spiro atoms. The van der Waals surface area contributed by atoms with E-state index in [1.54, 1.807) is 6.20 Å². The fourth-order valence-corrected chi connectivity index (χ4v) is 2.80. The first kappa shape index (κ1) is 10.7. The normalized spacial score (nSPS) is 25.7. The van der Waals surface area contributed by atoms with Gasteiger partial charge in [0, 0.05) is 13.2 Å². The molecule has 0 saturated heterocycles. The lowest BCUT2D eigenvalue weighted by molar-refractivity contribution is 0.199. The average molecular weight is 227 g/mol. The van der Waals surface area contributed by atoms with Crippen LogP contribution in [0.5, 0.6) is 0 Å². The second kappa shape index (κ2) is 4.81. The summed E-state index contributed by atoms with van der Waals surface area (Å²) in [4.78, 5) is 4.15. The maximum Gasteiger partial charge on any atom is 0.184 e. The van der Waals surface area contributed by atoms with Crippen LogP contribution >= 0.6 is 11.3 Å². The number of aromatic nitrogens is 1. The van der Waals surface area contributed by atoms with Gasteiger partial charge in [0.05, 0.1) is 6.20 Å². The molecule has 15 heavy (non-hydrogen) atoms. The van der Waals surface area contributed by atoms with E-state index in [0.29, 0.717) is 18.4 Å². The molecule has 1 aromatic heterocycles. The molecule has 0 aromatic carbocycles. The Morgan fingerprint density at radius 2 is 2.33 bits per heavy atom. The van der Waals surface area contributed by atoms with Crippen LogP contribution in [0.3, 0.4) is 0 Å². The molecule has 2 unspecified atom stereocenters. The highest BCUT2D eigenvalue weighted by Gasteiger charge is 2.26. The summed E-state index contributed by atoms with van der Waals surface area (Å²) in [6.45, 7) is 1.21. The number of thiazole rings is 1. The Morgan fingerprint density at radius 3 is 3.00 bits per heavy atom. The van der Waals surface area contributed by atoms with Gasteiger partial charge >= 0.3 is 0 Å². The highest BCUT2D eigenvalue weighted by atomic mass is 32.1. The Labute approximate surface area is 93.5 Å². The molecule has 1 aliphatic carbocycles. The molecule has 0 amide bonds. The summed E-state index contributed by atoms with van der Waals surface area (Å²) in [5, 5.41) is 14.1. The van der Waals surface area contributed by atoms with Crippen molar-refractivity contribution in [2.75, 3.05) is 24.2 Å². The summed E-state index contributed by atoms with van der Waals surface area (Å²) in [6, 6.07) is 0. The van der Waals surface area contributed by atoms with Crippen molar-refractivity contribution in [2.24, 2.45) is 11.8 Å². The molecule has 0 bridgehead atoms. The van der Waals surface area contributed by atoms with E-state index in [9.17, 15) is 5.11 Å². The zero-order chi connectivity index (χ0) is 10.7. The van der Waals surface area contributed by atoms with Gasteiger partial charge in [0.2, 0.25) is 0 Å². The van der Waals surface area contributed by atoms with E-state index < -0.39 is 0 Å². The molecular weight excluding hydrogens is 210 g/mol. The van der Waals surface area contributed by atoms with Crippen LogP contribution in [0.1, 0.15) is 19.3 Å². The predicted molar refractivity (Wildman–Crippen MR) is 62.9 cm³/mol. The summed E-state index contributed by atoms with van der Waals surface area (Å²) in [5.74, 6) is 1.05. The highest BCUT2D eigenvalue weighted by Crippen LogP contribution is 2.31. The predicted octanol–water partition coefficient (Wildman–Crippen LogP) is 1.55. The second-order valence-corrected chi connectivity index (χ2v) is 5.14. The number of anilines is 2. The van der Waals surface area contributed by atoms with Crippen LogP contribution in [0.2, 0.25) is 0 Å². The van der Waals surface area contributed by atoms with Crippen molar-refractivity contribution in [1.29, 1.82) is 0 Å². The molecule has 1 aliphatic rings. The second-order valence-electron chi connectivity index (χ2n) is 4.08. The number of nitrogens with one attached hydrogen (secondary N) is 1. The zero-order valence-corrected chi connectivity index (χ0v) is 9.46. The molecular formula is C10H17N3OS. The van der Waals surface area contributed by atoms with Crippen molar-refractivity contribution in [1.82, 2.24) is 4.98 Å². The minimum atomic E-state index is 0.312. The standard InChI is InChI=1S/C10H17N3OS/c11-9-5-13-10(15-9)12-4-7-2-1-3-8(7)6-14/h5,7-8,14H,1-4,6,11H2,(H,12,13). The first-order valence-corrected chi connectivity index (χ1v) is 6.17. The summed E-state index contributed by atoms with van der Waals surface area (Å²) in [7, 11) is 0. The van der Waals surface area contributed by atoms with Gasteiger partial charge in [-0.1, -0.05) is 17.8 Å². The van der Waals surface area contributed by atoms with E-state index in [1.807, 2.05) is 0 Å². The third-order valence-electron chi connectivity index (χ3n) is 3.09. The van der Waals surface area contributed by atoms with Gasteiger partial charge in [-0.3, -0.25) is 0 Å². The lowest BCUT2D eigenvalue weighted by Crippen LogP contribution is -2.20. The Morgan fingerprint density at radius 1 is 1.53 bits per heavy atom. The molecule has 4 nitrogen and oxygen atoms in total. The topological polar surface area (TPSA) is 71.2 Å². The van der Waals surface area contributed by atoms with Gasteiger partial charge in [0.15, 0.2) is 5.13 Å². The van der Waals surface area contributed by atoms with Crippen LogP contribution in [0, 0.1) is 11.8 Å². The lowest BCUT2D eigenvalue weighted by Gasteiger charge is -2.17. The van der Waals surface area contributed by atoms with Crippen LogP contribution in [-0.4, -0.2) is 23.2 Å².